The Hall–Kier alpha value is -0.620. The summed E-state index contributed by atoms with van der Waals surface area (Å²) in [4.78, 5) is 2.31. The molecule has 0 amide bonds. The molecule has 4 nitrogen and oxygen atoms in total. The van der Waals surface area contributed by atoms with Crippen LogP contribution in [0.25, 0.3) is 0 Å². The third kappa shape index (κ3) is 2.85. The largest absolute Gasteiger partial charge is 0.313 e. The molecule has 1 saturated heterocycles. The highest BCUT2D eigenvalue weighted by molar-refractivity contribution is 7.92. The molecule has 1 aromatic rings. The van der Waals surface area contributed by atoms with E-state index in [4.69, 9.17) is 11.6 Å². The molecule has 1 atom stereocenters. The predicted octanol–water partition coefficient (Wildman–Crippen LogP) is 0.930. The normalized spacial score (nSPS) is 21.9. The summed E-state index contributed by atoms with van der Waals surface area (Å²) >= 11 is 5.74. The smallest absolute Gasteiger partial charge is 0.195 e. The second kappa shape index (κ2) is 6.02. The number of sulfone groups is 1. The Bertz CT molecular complexity index is 476. The van der Waals surface area contributed by atoms with Gasteiger partial charge in [-0.25, -0.2) is 8.42 Å². The van der Waals surface area contributed by atoms with E-state index in [1.165, 1.54) is 0 Å². The summed E-state index contributed by atoms with van der Waals surface area (Å²) in [6, 6.07) is 8.59. The molecular weight excluding hydrogens is 272 g/mol. The second-order valence-electron chi connectivity index (χ2n) is 4.24. The summed E-state index contributed by atoms with van der Waals surface area (Å²) < 4.78 is 25.1. The zero-order valence-corrected chi connectivity index (χ0v) is 11.6. The van der Waals surface area contributed by atoms with Crippen LogP contribution in [0.15, 0.2) is 35.2 Å². The zero-order chi connectivity index (χ0) is 13.0. The SMILES string of the molecule is O=S(=O)(c1ccccc1)C1CNCCN1CCCl. The van der Waals surface area contributed by atoms with E-state index in [2.05, 4.69) is 5.32 Å². The summed E-state index contributed by atoms with van der Waals surface area (Å²) in [7, 11) is -3.33. The molecular formula is C12H17ClN2O2S. The van der Waals surface area contributed by atoms with Gasteiger partial charge in [0.1, 0.15) is 5.37 Å². The highest BCUT2D eigenvalue weighted by atomic mass is 35.5. The molecule has 0 aromatic heterocycles. The minimum atomic E-state index is -3.33. The maximum atomic E-state index is 12.5. The molecule has 18 heavy (non-hydrogen) atoms. The molecule has 1 unspecified atom stereocenters. The molecule has 6 heteroatoms. The first-order valence-corrected chi connectivity index (χ1v) is 8.04. The fourth-order valence-corrected chi connectivity index (χ4v) is 4.17. The van der Waals surface area contributed by atoms with Gasteiger partial charge in [-0.3, -0.25) is 4.90 Å². The number of nitrogens with one attached hydrogen (secondary N) is 1. The molecule has 1 aliphatic heterocycles. The summed E-state index contributed by atoms with van der Waals surface area (Å²) in [6.07, 6.45) is 0. The molecule has 1 N–H and O–H groups in total. The molecule has 1 heterocycles. The van der Waals surface area contributed by atoms with Crippen LogP contribution < -0.4 is 5.32 Å². The van der Waals surface area contributed by atoms with Crippen LogP contribution in [0.4, 0.5) is 0 Å². The minimum absolute atomic E-state index is 0.373. The fourth-order valence-electron chi connectivity index (χ4n) is 2.16. The number of hydrogen-bond acceptors (Lipinski definition) is 4. The van der Waals surface area contributed by atoms with E-state index in [1.54, 1.807) is 24.3 Å². The van der Waals surface area contributed by atoms with Gasteiger partial charge in [0.05, 0.1) is 4.90 Å². The lowest BCUT2D eigenvalue weighted by molar-refractivity contribution is 0.222. The Kier molecular flexibility index (Phi) is 4.61. The molecule has 1 fully saturated rings. The van der Waals surface area contributed by atoms with Gasteiger partial charge in [0.15, 0.2) is 9.84 Å². The van der Waals surface area contributed by atoms with Crippen molar-refractivity contribution in [1.82, 2.24) is 10.2 Å². The molecule has 2 rings (SSSR count). The van der Waals surface area contributed by atoms with E-state index in [0.717, 1.165) is 6.54 Å². The van der Waals surface area contributed by atoms with E-state index >= 15 is 0 Å². The number of hydrogen-bond donors (Lipinski definition) is 1. The van der Waals surface area contributed by atoms with Crippen LogP contribution in [-0.4, -0.2) is 50.8 Å². The predicted molar refractivity (Wildman–Crippen MR) is 72.6 cm³/mol. The molecule has 0 bridgehead atoms. The Morgan fingerprint density at radius 2 is 2.06 bits per heavy atom. The van der Waals surface area contributed by atoms with Gasteiger partial charge in [-0.15, -0.1) is 11.6 Å². The average molecular weight is 289 g/mol. The van der Waals surface area contributed by atoms with Gasteiger partial charge in [-0.2, -0.15) is 0 Å². The molecule has 0 aliphatic carbocycles. The van der Waals surface area contributed by atoms with E-state index in [9.17, 15) is 8.42 Å². The van der Waals surface area contributed by atoms with E-state index in [-0.39, 0.29) is 0 Å². The number of alkyl halides is 1. The highest BCUT2D eigenvalue weighted by Gasteiger charge is 2.34. The standard InChI is InChI=1S/C12H17ClN2O2S/c13-6-8-15-9-7-14-10-12(15)18(16,17)11-4-2-1-3-5-11/h1-5,12,14H,6-10H2. The van der Waals surface area contributed by atoms with Crippen LogP contribution in [0.3, 0.4) is 0 Å². The van der Waals surface area contributed by atoms with E-state index in [1.807, 2.05) is 11.0 Å². The summed E-state index contributed by atoms with van der Waals surface area (Å²) in [5, 5.41) is 2.61. The van der Waals surface area contributed by atoms with E-state index < -0.39 is 15.2 Å². The van der Waals surface area contributed by atoms with Crippen LogP contribution in [0, 0.1) is 0 Å². The number of benzene rings is 1. The number of nitrogens with zero attached hydrogens (tertiary/aromatic N) is 1. The van der Waals surface area contributed by atoms with Gasteiger partial charge in [0.2, 0.25) is 0 Å². The Morgan fingerprint density at radius 3 is 2.72 bits per heavy atom. The van der Waals surface area contributed by atoms with Crippen molar-refractivity contribution >= 4 is 21.4 Å². The lowest BCUT2D eigenvalue weighted by Crippen LogP contribution is -2.55. The Labute approximate surface area is 113 Å². The van der Waals surface area contributed by atoms with Crippen LogP contribution in [0.5, 0.6) is 0 Å². The monoisotopic (exact) mass is 288 g/mol. The molecule has 1 aliphatic rings. The third-order valence-electron chi connectivity index (χ3n) is 3.10. The van der Waals surface area contributed by atoms with Crippen molar-refractivity contribution in [1.29, 1.82) is 0 Å². The molecule has 100 valence electrons. The zero-order valence-electron chi connectivity index (χ0n) is 10.0. The lowest BCUT2D eigenvalue weighted by Gasteiger charge is -2.35. The quantitative estimate of drug-likeness (QED) is 0.838. The Morgan fingerprint density at radius 1 is 1.33 bits per heavy atom. The van der Waals surface area contributed by atoms with Crippen LogP contribution in [-0.2, 0) is 9.84 Å². The van der Waals surface area contributed by atoms with Gasteiger partial charge < -0.3 is 5.32 Å². The molecule has 0 radical (unpaired) electrons. The van der Waals surface area contributed by atoms with Crippen molar-refractivity contribution in [2.45, 2.75) is 10.3 Å². The summed E-state index contributed by atoms with van der Waals surface area (Å²) in [6.45, 7) is 2.56. The Balaban J connectivity index is 2.27. The van der Waals surface area contributed by atoms with Gasteiger partial charge in [0.25, 0.3) is 0 Å². The molecule has 0 saturated carbocycles. The van der Waals surface area contributed by atoms with Crippen LogP contribution in [0.2, 0.25) is 0 Å². The maximum Gasteiger partial charge on any atom is 0.195 e. The summed E-state index contributed by atoms with van der Waals surface area (Å²) in [5.41, 5.74) is 0. The van der Waals surface area contributed by atoms with Crippen molar-refractivity contribution in [2.75, 3.05) is 32.1 Å². The lowest BCUT2D eigenvalue weighted by atomic mass is 10.3. The third-order valence-corrected chi connectivity index (χ3v) is 5.38. The topological polar surface area (TPSA) is 49.4 Å². The van der Waals surface area contributed by atoms with Gasteiger partial charge in [0, 0.05) is 32.1 Å². The van der Waals surface area contributed by atoms with Crippen molar-refractivity contribution in [3.05, 3.63) is 30.3 Å². The first-order valence-electron chi connectivity index (χ1n) is 5.96. The number of halogens is 1. The van der Waals surface area contributed by atoms with Crippen LogP contribution >= 0.6 is 11.6 Å². The van der Waals surface area contributed by atoms with Gasteiger partial charge in [-0.1, -0.05) is 18.2 Å². The number of rotatable bonds is 4. The second-order valence-corrected chi connectivity index (χ2v) is 6.73. The summed E-state index contributed by atoms with van der Waals surface area (Å²) in [5.74, 6) is 0.445. The minimum Gasteiger partial charge on any atom is -0.313 e. The fraction of sp³-hybridized carbons (Fsp3) is 0.500. The number of piperazine rings is 1. The van der Waals surface area contributed by atoms with Crippen molar-refractivity contribution < 1.29 is 8.42 Å². The first-order chi connectivity index (χ1) is 8.66. The first kappa shape index (κ1) is 13.8. The van der Waals surface area contributed by atoms with E-state index in [0.29, 0.717) is 30.4 Å². The van der Waals surface area contributed by atoms with Gasteiger partial charge >= 0.3 is 0 Å². The van der Waals surface area contributed by atoms with Crippen molar-refractivity contribution in [3.8, 4) is 0 Å². The molecule has 1 aromatic carbocycles. The maximum absolute atomic E-state index is 12.5. The van der Waals surface area contributed by atoms with Gasteiger partial charge in [-0.05, 0) is 12.1 Å². The van der Waals surface area contributed by atoms with Crippen molar-refractivity contribution in [3.63, 3.8) is 0 Å². The highest BCUT2D eigenvalue weighted by Crippen LogP contribution is 2.19. The van der Waals surface area contributed by atoms with Crippen LogP contribution in [0.1, 0.15) is 0 Å². The molecule has 0 spiro atoms. The van der Waals surface area contributed by atoms with Crippen molar-refractivity contribution in [2.24, 2.45) is 0 Å². The average Bonchev–Trinajstić information content (AvgIpc) is 2.41.